The van der Waals surface area contributed by atoms with Crippen LogP contribution in [0, 0.1) is 5.92 Å². The summed E-state index contributed by atoms with van der Waals surface area (Å²) in [5.74, 6) is 0.539. The van der Waals surface area contributed by atoms with Crippen molar-refractivity contribution in [3.8, 4) is 0 Å². The van der Waals surface area contributed by atoms with Crippen molar-refractivity contribution in [2.24, 2.45) is 11.7 Å². The van der Waals surface area contributed by atoms with E-state index in [-0.39, 0.29) is 18.6 Å². The predicted molar refractivity (Wildman–Crippen MR) is 64.1 cm³/mol. The van der Waals surface area contributed by atoms with Crippen LogP contribution >= 0.6 is 0 Å². The first-order chi connectivity index (χ1) is 7.72. The average Bonchev–Trinajstić information content (AvgIpc) is 2.75. The third-order valence-electron chi connectivity index (χ3n) is 3.43. The standard InChI is InChI=1S/C12H24N2O2/c1-3-14(4-2)12(15)9-16-11-7-5-6-10(11)8-13/h10-11H,3-9,13H2,1-2H3. The lowest BCUT2D eigenvalue weighted by atomic mass is 10.1. The number of hydrogen-bond donors (Lipinski definition) is 1. The maximum Gasteiger partial charge on any atom is 0.248 e. The Hall–Kier alpha value is -0.610. The Kier molecular flexibility index (Phi) is 5.77. The van der Waals surface area contributed by atoms with E-state index in [2.05, 4.69) is 0 Å². The summed E-state index contributed by atoms with van der Waals surface area (Å²) >= 11 is 0. The van der Waals surface area contributed by atoms with Crippen molar-refractivity contribution in [2.75, 3.05) is 26.2 Å². The summed E-state index contributed by atoms with van der Waals surface area (Å²) in [5.41, 5.74) is 5.67. The van der Waals surface area contributed by atoms with Crippen molar-refractivity contribution < 1.29 is 9.53 Å². The van der Waals surface area contributed by atoms with Gasteiger partial charge in [0.2, 0.25) is 5.91 Å². The maximum atomic E-state index is 11.7. The number of nitrogens with two attached hydrogens (primary N) is 1. The van der Waals surface area contributed by atoms with Gasteiger partial charge in [-0.1, -0.05) is 6.42 Å². The topological polar surface area (TPSA) is 55.6 Å². The summed E-state index contributed by atoms with van der Waals surface area (Å²) in [5, 5.41) is 0. The van der Waals surface area contributed by atoms with Gasteiger partial charge < -0.3 is 15.4 Å². The Morgan fingerprint density at radius 1 is 1.38 bits per heavy atom. The van der Waals surface area contributed by atoms with Gasteiger partial charge >= 0.3 is 0 Å². The summed E-state index contributed by atoms with van der Waals surface area (Å²) in [6.45, 7) is 6.36. The van der Waals surface area contributed by atoms with E-state index in [1.807, 2.05) is 13.8 Å². The highest BCUT2D eigenvalue weighted by Crippen LogP contribution is 2.27. The van der Waals surface area contributed by atoms with Crippen LogP contribution in [0.1, 0.15) is 33.1 Å². The fourth-order valence-corrected chi connectivity index (χ4v) is 2.34. The zero-order valence-corrected chi connectivity index (χ0v) is 10.4. The average molecular weight is 228 g/mol. The van der Waals surface area contributed by atoms with Gasteiger partial charge in [-0.25, -0.2) is 0 Å². The minimum atomic E-state index is 0.0904. The van der Waals surface area contributed by atoms with E-state index in [9.17, 15) is 4.79 Å². The molecular formula is C12H24N2O2. The van der Waals surface area contributed by atoms with E-state index >= 15 is 0 Å². The van der Waals surface area contributed by atoms with E-state index in [1.54, 1.807) is 4.90 Å². The highest BCUT2D eigenvalue weighted by Gasteiger charge is 2.27. The highest BCUT2D eigenvalue weighted by molar-refractivity contribution is 5.77. The van der Waals surface area contributed by atoms with Gasteiger partial charge in [0.05, 0.1) is 6.10 Å². The number of likely N-dealkylation sites (N-methyl/N-ethyl adjacent to an activating group) is 1. The van der Waals surface area contributed by atoms with Gasteiger partial charge in [-0.05, 0) is 39.2 Å². The Morgan fingerprint density at radius 2 is 2.06 bits per heavy atom. The van der Waals surface area contributed by atoms with Crippen molar-refractivity contribution in [2.45, 2.75) is 39.2 Å². The molecule has 16 heavy (non-hydrogen) atoms. The molecule has 94 valence electrons. The minimum absolute atomic E-state index is 0.0904. The van der Waals surface area contributed by atoms with Crippen molar-refractivity contribution in [1.82, 2.24) is 4.90 Å². The van der Waals surface area contributed by atoms with Gasteiger partial charge in [0.25, 0.3) is 0 Å². The zero-order valence-electron chi connectivity index (χ0n) is 10.4. The summed E-state index contributed by atoms with van der Waals surface area (Å²) < 4.78 is 5.68. The molecule has 1 aliphatic rings. The highest BCUT2D eigenvalue weighted by atomic mass is 16.5. The predicted octanol–water partition coefficient (Wildman–Crippen LogP) is 0.999. The van der Waals surface area contributed by atoms with Gasteiger partial charge in [-0.2, -0.15) is 0 Å². The first-order valence-electron chi connectivity index (χ1n) is 6.32. The fraction of sp³-hybridized carbons (Fsp3) is 0.917. The molecule has 1 fully saturated rings. The Morgan fingerprint density at radius 3 is 2.62 bits per heavy atom. The SMILES string of the molecule is CCN(CC)C(=O)COC1CCCC1CN. The molecular weight excluding hydrogens is 204 g/mol. The number of carbonyl (C=O) groups excluding carboxylic acids is 1. The molecule has 2 atom stereocenters. The Labute approximate surface area is 98.1 Å². The number of amides is 1. The van der Waals surface area contributed by atoms with Crippen LogP contribution < -0.4 is 5.73 Å². The van der Waals surface area contributed by atoms with Crippen LogP contribution in [0.25, 0.3) is 0 Å². The van der Waals surface area contributed by atoms with Crippen LogP contribution in [0.5, 0.6) is 0 Å². The lowest BCUT2D eigenvalue weighted by Gasteiger charge is -2.22. The van der Waals surface area contributed by atoms with Gasteiger partial charge in [-0.15, -0.1) is 0 Å². The third kappa shape index (κ3) is 3.46. The van der Waals surface area contributed by atoms with Gasteiger partial charge in [0, 0.05) is 13.1 Å². The number of carbonyl (C=O) groups is 1. The molecule has 0 spiro atoms. The molecule has 1 rings (SSSR count). The molecule has 2 N–H and O–H groups in total. The second-order valence-electron chi connectivity index (χ2n) is 4.34. The lowest BCUT2D eigenvalue weighted by Crippen LogP contribution is -2.36. The molecule has 0 radical (unpaired) electrons. The summed E-state index contributed by atoms with van der Waals surface area (Å²) in [6, 6.07) is 0. The van der Waals surface area contributed by atoms with Crippen LogP contribution in [-0.2, 0) is 9.53 Å². The number of ether oxygens (including phenoxy) is 1. The van der Waals surface area contributed by atoms with Gasteiger partial charge in [0.15, 0.2) is 0 Å². The van der Waals surface area contributed by atoms with Crippen LogP contribution in [0.4, 0.5) is 0 Å². The van der Waals surface area contributed by atoms with Gasteiger partial charge in [0.1, 0.15) is 6.61 Å². The first kappa shape index (κ1) is 13.5. The number of nitrogens with zero attached hydrogens (tertiary/aromatic N) is 1. The lowest BCUT2D eigenvalue weighted by molar-refractivity contribution is -0.138. The molecule has 0 aromatic carbocycles. The first-order valence-corrected chi connectivity index (χ1v) is 6.32. The van der Waals surface area contributed by atoms with Crippen molar-refractivity contribution >= 4 is 5.91 Å². The second-order valence-corrected chi connectivity index (χ2v) is 4.34. The molecule has 2 unspecified atom stereocenters. The van der Waals surface area contributed by atoms with Crippen molar-refractivity contribution in [1.29, 1.82) is 0 Å². The maximum absolute atomic E-state index is 11.7. The molecule has 0 heterocycles. The summed E-state index contributed by atoms with van der Waals surface area (Å²) in [7, 11) is 0. The molecule has 1 aliphatic carbocycles. The molecule has 4 heteroatoms. The van der Waals surface area contributed by atoms with E-state index in [1.165, 1.54) is 6.42 Å². The van der Waals surface area contributed by atoms with Crippen LogP contribution in [0.3, 0.4) is 0 Å². The number of rotatable bonds is 6. The molecule has 1 saturated carbocycles. The van der Waals surface area contributed by atoms with Crippen LogP contribution in [0.2, 0.25) is 0 Å². The second kappa shape index (κ2) is 6.86. The van der Waals surface area contributed by atoms with Crippen molar-refractivity contribution in [3.05, 3.63) is 0 Å². The van der Waals surface area contributed by atoms with E-state index in [0.717, 1.165) is 25.9 Å². The molecule has 0 saturated heterocycles. The normalized spacial score (nSPS) is 24.7. The summed E-state index contributed by atoms with van der Waals surface area (Å²) in [4.78, 5) is 13.5. The molecule has 0 aliphatic heterocycles. The largest absolute Gasteiger partial charge is 0.368 e. The third-order valence-corrected chi connectivity index (χ3v) is 3.43. The minimum Gasteiger partial charge on any atom is -0.368 e. The number of hydrogen-bond acceptors (Lipinski definition) is 3. The van der Waals surface area contributed by atoms with Crippen LogP contribution in [-0.4, -0.2) is 43.2 Å². The Bertz CT molecular complexity index is 217. The van der Waals surface area contributed by atoms with Crippen molar-refractivity contribution in [3.63, 3.8) is 0 Å². The molecule has 0 aromatic rings. The van der Waals surface area contributed by atoms with E-state index in [0.29, 0.717) is 12.5 Å². The quantitative estimate of drug-likeness (QED) is 0.738. The fourth-order valence-electron chi connectivity index (χ4n) is 2.34. The zero-order chi connectivity index (χ0) is 12.0. The molecule has 1 amide bonds. The molecule has 0 bridgehead atoms. The smallest absolute Gasteiger partial charge is 0.248 e. The molecule has 0 aromatic heterocycles. The van der Waals surface area contributed by atoms with E-state index in [4.69, 9.17) is 10.5 Å². The van der Waals surface area contributed by atoms with Crippen LogP contribution in [0.15, 0.2) is 0 Å². The van der Waals surface area contributed by atoms with E-state index < -0.39 is 0 Å². The summed E-state index contributed by atoms with van der Waals surface area (Å²) in [6.07, 6.45) is 3.56. The molecule has 4 nitrogen and oxygen atoms in total. The van der Waals surface area contributed by atoms with Gasteiger partial charge in [-0.3, -0.25) is 4.79 Å². The monoisotopic (exact) mass is 228 g/mol. The Balaban J connectivity index is 2.30.